The lowest BCUT2D eigenvalue weighted by molar-refractivity contribution is 0.112. The molecule has 1 rings (SSSR count). The largest absolute Gasteiger partial charge is 0.364 e. The zero-order chi connectivity index (χ0) is 12.1. The van der Waals surface area contributed by atoms with Crippen LogP contribution < -0.4 is 4.90 Å². The highest BCUT2D eigenvalue weighted by atomic mass is 35.5. The van der Waals surface area contributed by atoms with E-state index >= 15 is 0 Å². The first kappa shape index (κ1) is 12.8. The first-order valence-corrected chi connectivity index (χ1v) is 5.60. The first-order chi connectivity index (χ1) is 7.61. The molecule has 0 aliphatic heterocycles. The average Bonchev–Trinajstić information content (AvgIpc) is 2.26. The van der Waals surface area contributed by atoms with Gasteiger partial charge in [0.05, 0.1) is 10.7 Å². The highest BCUT2D eigenvalue weighted by Crippen LogP contribution is 2.30. The SMILES string of the molecule is C=CCN(c1c(Cl)cccc1C=O)C(C)C. The predicted octanol–water partition coefficient (Wildman–Crippen LogP) is 3.55. The van der Waals surface area contributed by atoms with Gasteiger partial charge >= 0.3 is 0 Å². The Hall–Kier alpha value is -1.28. The summed E-state index contributed by atoms with van der Waals surface area (Å²) in [4.78, 5) is 13.1. The Morgan fingerprint density at radius 1 is 1.50 bits per heavy atom. The lowest BCUT2D eigenvalue weighted by Crippen LogP contribution is -2.31. The van der Waals surface area contributed by atoms with Gasteiger partial charge in [-0.1, -0.05) is 23.7 Å². The average molecular weight is 238 g/mol. The molecule has 0 aliphatic rings. The van der Waals surface area contributed by atoms with E-state index in [4.69, 9.17) is 11.6 Å². The molecule has 3 heteroatoms. The number of aldehydes is 1. The third-order valence-corrected chi connectivity index (χ3v) is 2.69. The van der Waals surface area contributed by atoms with Crippen molar-refractivity contribution in [2.75, 3.05) is 11.4 Å². The van der Waals surface area contributed by atoms with E-state index in [0.29, 0.717) is 17.1 Å². The van der Waals surface area contributed by atoms with Crippen LogP contribution in [-0.4, -0.2) is 18.9 Å². The number of hydrogen-bond acceptors (Lipinski definition) is 2. The summed E-state index contributed by atoms with van der Waals surface area (Å²) in [7, 11) is 0. The van der Waals surface area contributed by atoms with Crippen molar-refractivity contribution in [1.82, 2.24) is 0 Å². The van der Waals surface area contributed by atoms with Crippen LogP contribution in [0.2, 0.25) is 5.02 Å². The molecule has 16 heavy (non-hydrogen) atoms. The summed E-state index contributed by atoms with van der Waals surface area (Å²) < 4.78 is 0. The van der Waals surface area contributed by atoms with Gasteiger partial charge in [-0.15, -0.1) is 6.58 Å². The number of carbonyl (C=O) groups excluding carboxylic acids is 1. The van der Waals surface area contributed by atoms with Crippen molar-refractivity contribution < 1.29 is 4.79 Å². The van der Waals surface area contributed by atoms with Gasteiger partial charge in [0.25, 0.3) is 0 Å². The van der Waals surface area contributed by atoms with Gasteiger partial charge < -0.3 is 4.90 Å². The number of anilines is 1. The molecule has 0 saturated carbocycles. The molecule has 0 spiro atoms. The van der Waals surface area contributed by atoms with Gasteiger partial charge in [-0.25, -0.2) is 0 Å². The number of halogens is 1. The van der Waals surface area contributed by atoms with Gasteiger partial charge in [-0.05, 0) is 26.0 Å². The number of benzene rings is 1. The number of hydrogen-bond donors (Lipinski definition) is 0. The summed E-state index contributed by atoms with van der Waals surface area (Å²) >= 11 is 6.15. The van der Waals surface area contributed by atoms with Crippen LogP contribution in [0.3, 0.4) is 0 Å². The van der Waals surface area contributed by atoms with E-state index < -0.39 is 0 Å². The fourth-order valence-corrected chi connectivity index (χ4v) is 1.92. The molecule has 0 saturated heterocycles. The Bertz CT molecular complexity index is 388. The minimum atomic E-state index is 0.261. The Morgan fingerprint density at radius 3 is 2.69 bits per heavy atom. The maximum Gasteiger partial charge on any atom is 0.152 e. The van der Waals surface area contributed by atoms with Crippen LogP contribution in [0.4, 0.5) is 5.69 Å². The van der Waals surface area contributed by atoms with Crippen LogP contribution in [0.15, 0.2) is 30.9 Å². The Kier molecular flexibility index (Phi) is 4.56. The molecule has 0 heterocycles. The highest BCUT2D eigenvalue weighted by Gasteiger charge is 2.16. The summed E-state index contributed by atoms with van der Waals surface area (Å²) in [6.07, 6.45) is 2.64. The standard InChI is InChI=1S/C13H16ClNO/c1-4-8-15(10(2)3)13-11(9-16)6-5-7-12(13)14/h4-7,9-10H,1,8H2,2-3H3. The normalized spacial score (nSPS) is 10.2. The third kappa shape index (κ3) is 2.64. The van der Waals surface area contributed by atoms with Crippen LogP contribution in [0.5, 0.6) is 0 Å². The first-order valence-electron chi connectivity index (χ1n) is 5.23. The van der Waals surface area contributed by atoms with Gasteiger partial charge in [0.15, 0.2) is 6.29 Å². The molecule has 0 N–H and O–H groups in total. The summed E-state index contributed by atoms with van der Waals surface area (Å²) in [5.41, 5.74) is 1.40. The van der Waals surface area contributed by atoms with E-state index in [1.54, 1.807) is 24.3 Å². The van der Waals surface area contributed by atoms with E-state index in [1.165, 1.54) is 0 Å². The van der Waals surface area contributed by atoms with Gasteiger partial charge in [-0.3, -0.25) is 4.79 Å². The number of nitrogens with zero attached hydrogens (tertiary/aromatic N) is 1. The van der Waals surface area contributed by atoms with Gasteiger partial charge in [0.2, 0.25) is 0 Å². The molecule has 0 unspecified atom stereocenters. The van der Waals surface area contributed by atoms with Crippen molar-refractivity contribution in [2.24, 2.45) is 0 Å². The van der Waals surface area contributed by atoms with Crippen LogP contribution in [0, 0.1) is 0 Å². The second kappa shape index (κ2) is 5.71. The lowest BCUT2D eigenvalue weighted by Gasteiger charge is -2.29. The van der Waals surface area contributed by atoms with Crippen molar-refractivity contribution in [3.05, 3.63) is 41.4 Å². The van der Waals surface area contributed by atoms with Gasteiger partial charge in [0.1, 0.15) is 0 Å². The fourth-order valence-electron chi connectivity index (χ4n) is 1.63. The molecule has 2 nitrogen and oxygen atoms in total. The van der Waals surface area contributed by atoms with Crippen LogP contribution >= 0.6 is 11.6 Å². The number of carbonyl (C=O) groups is 1. The molecule has 86 valence electrons. The molecular formula is C13H16ClNO. The quantitative estimate of drug-likeness (QED) is 0.577. The molecule has 1 aromatic rings. The molecule has 0 radical (unpaired) electrons. The monoisotopic (exact) mass is 237 g/mol. The summed E-state index contributed by atoms with van der Waals surface area (Å²) in [6.45, 7) is 8.50. The van der Waals surface area contributed by atoms with E-state index in [9.17, 15) is 4.79 Å². The highest BCUT2D eigenvalue weighted by molar-refractivity contribution is 6.34. The topological polar surface area (TPSA) is 20.3 Å². The minimum absolute atomic E-state index is 0.261. The van der Waals surface area contributed by atoms with Crippen molar-refractivity contribution in [3.63, 3.8) is 0 Å². The molecule has 1 aromatic carbocycles. The molecule has 0 atom stereocenters. The maximum atomic E-state index is 11.0. The Balaban J connectivity index is 3.26. The van der Waals surface area contributed by atoms with Crippen LogP contribution in [-0.2, 0) is 0 Å². The number of para-hydroxylation sites is 1. The molecular weight excluding hydrogens is 222 g/mol. The molecule has 0 amide bonds. The second-order valence-corrected chi connectivity index (χ2v) is 4.24. The van der Waals surface area contributed by atoms with Gasteiger partial charge in [-0.2, -0.15) is 0 Å². The fraction of sp³-hybridized carbons (Fsp3) is 0.308. The van der Waals surface area contributed by atoms with Crippen LogP contribution in [0.25, 0.3) is 0 Å². The summed E-state index contributed by atoms with van der Waals surface area (Å²) in [5, 5.41) is 0.597. The second-order valence-electron chi connectivity index (χ2n) is 3.83. The van der Waals surface area contributed by atoms with E-state index in [2.05, 4.69) is 25.3 Å². The van der Waals surface area contributed by atoms with E-state index in [0.717, 1.165) is 12.0 Å². The van der Waals surface area contributed by atoms with Crippen molar-refractivity contribution >= 4 is 23.6 Å². The van der Waals surface area contributed by atoms with E-state index in [-0.39, 0.29) is 6.04 Å². The van der Waals surface area contributed by atoms with Crippen LogP contribution in [0.1, 0.15) is 24.2 Å². The molecule has 0 aliphatic carbocycles. The summed E-state index contributed by atoms with van der Waals surface area (Å²) in [6, 6.07) is 5.61. The third-order valence-electron chi connectivity index (χ3n) is 2.38. The lowest BCUT2D eigenvalue weighted by atomic mass is 10.1. The van der Waals surface area contributed by atoms with E-state index in [1.807, 2.05) is 0 Å². The molecule has 0 fully saturated rings. The zero-order valence-electron chi connectivity index (χ0n) is 9.61. The van der Waals surface area contributed by atoms with Crippen molar-refractivity contribution in [2.45, 2.75) is 19.9 Å². The Morgan fingerprint density at radius 2 is 2.19 bits per heavy atom. The smallest absolute Gasteiger partial charge is 0.152 e. The number of rotatable bonds is 5. The van der Waals surface area contributed by atoms with Crippen molar-refractivity contribution in [3.8, 4) is 0 Å². The minimum Gasteiger partial charge on any atom is -0.364 e. The van der Waals surface area contributed by atoms with Gasteiger partial charge in [0, 0.05) is 18.2 Å². The maximum absolute atomic E-state index is 11.0. The molecule has 0 bridgehead atoms. The van der Waals surface area contributed by atoms with Crippen molar-refractivity contribution in [1.29, 1.82) is 0 Å². The summed E-state index contributed by atoms with van der Waals surface area (Å²) in [5.74, 6) is 0. The predicted molar refractivity (Wildman–Crippen MR) is 69.5 cm³/mol. The molecule has 0 aromatic heterocycles. The zero-order valence-corrected chi connectivity index (χ0v) is 10.4. The Labute approximate surface area is 102 Å².